The average Bonchev–Trinajstić information content (AvgIpc) is 2.37. The Morgan fingerprint density at radius 1 is 1.22 bits per heavy atom. The van der Waals surface area contributed by atoms with Crippen LogP contribution >= 0.6 is 0 Å². The molecule has 1 heterocycles. The van der Waals surface area contributed by atoms with Crippen molar-refractivity contribution in [3.05, 3.63) is 18.1 Å². The van der Waals surface area contributed by atoms with Crippen molar-refractivity contribution in [3.63, 3.8) is 0 Å². The van der Waals surface area contributed by atoms with E-state index in [1.807, 2.05) is 7.05 Å². The molecule has 0 amide bonds. The van der Waals surface area contributed by atoms with Gasteiger partial charge in [-0.1, -0.05) is 13.8 Å². The second kappa shape index (κ2) is 6.14. The Morgan fingerprint density at radius 2 is 2.06 bits per heavy atom. The van der Waals surface area contributed by atoms with Crippen LogP contribution < -0.4 is 10.1 Å². The minimum Gasteiger partial charge on any atom is -0.473 e. The van der Waals surface area contributed by atoms with Crippen molar-refractivity contribution in [1.82, 2.24) is 15.3 Å². The summed E-state index contributed by atoms with van der Waals surface area (Å²) >= 11 is 0. The Bertz CT molecular complexity index is 366. The molecule has 0 aromatic carbocycles. The fourth-order valence-electron chi connectivity index (χ4n) is 2.45. The van der Waals surface area contributed by atoms with Crippen molar-refractivity contribution in [3.8, 4) is 5.88 Å². The average molecular weight is 249 g/mol. The Labute approximate surface area is 109 Å². The maximum Gasteiger partial charge on any atom is 0.232 e. The number of rotatable bonds is 4. The zero-order valence-electron chi connectivity index (χ0n) is 11.5. The topological polar surface area (TPSA) is 47.0 Å². The molecule has 2 rings (SSSR count). The summed E-state index contributed by atoms with van der Waals surface area (Å²) in [5.41, 5.74) is 0.940. The van der Waals surface area contributed by atoms with E-state index in [-0.39, 0.29) is 0 Å². The largest absolute Gasteiger partial charge is 0.473 e. The van der Waals surface area contributed by atoms with Gasteiger partial charge in [-0.25, -0.2) is 4.98 Å². The van der Waals surface area contributed by atoms with Gasteiger partial charge in [0, 0.05) is 6.54 Å². The number of hydrogen-bond donors (Lipinski definition) is 1. The highest BCUT2D eigenvalue weighted by Gasteiger charge is 2.25. The van der Waals surface area contributed by atoms with Gasteiger partial charge in [0.15, 0.2) is 0 Å². The van der Waals surface area contributed by atoms with E-state index in [2.05, 4.69) is 29.1 Å². The molecule has 18 heavy (non-hydrogen) atoms. The number of ether oxygens (including phenoxy) is 1. The van der Waals surface area contributed by atoms with Crippen molar-refractivity contribution in [2.75, 3.05) is 7.05 Å². The summed E-state index contributed by atoms with van der Waals surface area (Å²) in [5, 5.41) is 3.05. The standard InChI is InChI=1S/C14H23N3O/c1-10-4-5-13(6-11(10)2)18-14-9-16-12(7-15-3)8-17-14/h8-11,13,15H,4-7H2,1-3H3. The lowest BCUT2D eigenvalue weighted by atomic mass is 9.80. The molecule has 1 aliphatic carbocycles. The van der Waals surface area contributed by atoms with Crippen LogP contribution in [0.5, 0.6) is 5.88 Å². The lowest BCUT2D eigenvalue weighted by molar-refractivity contribution is 0.0960. The van der Waals surface area contributed by atoms with E-state index in [4.69, 9.17) is 4.74 Å². The number of aromatic nitrogens is 2. The summed E-state index contributed by atoms with van der Waals surface area (Å²) in [5.74, 6) is 2.20. The van der Waals surface area contributed by atoms with Gasteiger partial charge in [-0.2, -0.15) is 0 Å². The number of nitrogens with one attached hydrogen (secondary N) is 1. The van der Waals surface area contributed by atoms with Gasteiger partial charge in [-0.3, -0.25) is 4.98 Å². The fraction of sp³-hybridized carbons (Fsp3) is 0.714. The second-order valence-corrected chi connectivity index (χ2v) is 5.38. The van der Waals surface area contributed by atoms with E-state index in [0.29, 0.717) is 12.0 Å². The summed E-state index contributed by atoms with van der Waals surface area (Å²) in [6.45, 7) is 5.38. The fourth-order valence-corrected chi connectivity index (χ4v) is 2.45. The summed E-state index contributed by atoms with van der Waals surface area (Å²) in [4.78, 5) is 8.63. The molecular weight excluding hydrogens is 226 g/mol. The highest BCUT2D eigenvalue weighted by molar-refractivity contribution is 5.07. The summed E-state index contributed by atoms with van der Waals surface area (Å²) in [6.07, 6.45) is 7.32. The Kier molecular flexibility index (Phi) is 4.53. The van der Waals surface area contributed by atoms with Gasteiger partial charge in [0.25, 0.3) is 0 Å². The van der Waals surface area contributed by atoms with E-state index in [9.17, 15) is 0 Å². The van der Waals surface area contributed by atoms with Gasteiger partial charge < -0.3 is 10.1 Å². The molecule has 1 aromatic rings. The smallest absolute Gasteiger partial charge is 0.232 e. The van der Waals surface area contributed by atoms with Crippen molar-refractivity contribution < 1.29 is 4.74 Å². The first kappa shape index (κ1) is 13.3. The molecule has 0 spiro atoms. The first-order valence-corrected chi connectivity index (χ1v) is 6.81. The van der Waals surface area contributed by atoms with Crippen molar-refractivity contribution in [2.24, 2.45) is 11.8 Å². The van der Waals surface area contributed by atoms with E-state index >= 15 is 0 Å². The van der Waals surface area contributed by atoms with Crippen LogP contribution in [-0.4, -0.2) is 23.1 Å². The van der Waals surface area contributed by atoms with Gasteiger partial charge in [0.2, 0.25) is 5.88 Å². The van der Waals surface area contributed by atoms with Crippen LogP contribution in [0.15, 0.2) is 12.4 Å². The third-order valence-corrected chi connectivity index (χ3v) is 3.88. The predicted octanol–water partition coefficient (Wildman–Crippen LogP) is 2.40. The van der Waals surface area contributed by atoms with Gasteiger partial charge in [0.1, 0.15) is 6.10 Å². The van der Waals surface area contributed by atoms with Crippen LogP contribution in [0.3, 0.4) is 0 Å². The van der Waals surface area contributed by atoms with Gasteiger partial charge in [-0.15, -0.1) is 0 Å². The Hall–Kier alpha value is -1.16. The molecule has 1 N–H and O–H groups in total. The van der Waals surface area contributed by atoms with E-state index < -0.39 is 0 Å². The van der Waals surface area contributed by atoms with Crippen LogP contribution in [0.1, 0.15) is 38.8 Å². The summed E-state index contributed by atoms with van der Waals surface area (Å²) in [7, 11) is 1.90. The Morgan fingerprint density at radius 3 is 2.67 bits per heavy atom. The maximum absolute atomic E-state index is 5.91. The lowest BCUT2D eigenvalue weighted by Crippen LogP contribution is -2.29. The monoisotopic (exact) mass is 249 g/mol. The first-order chi connectivity index (χ1) is 8.69. The molecular formula is C14H23N3O. The molecule has 0 saturated heterocycles. The molecule has 0 radical (unpaired) electrons. The van der Waals surface area contributed by atoms with Crippen molar-refractivity contribution in [2.45, 2.75) is 45.8 Å². The number of nitrogens with zero attached hydrogens (tertiary/aromatic N) is 2. The molecule has 3 unspecified atom stereocenters. The SMILES string of the molecule is CNCc1cnc(OC2CCC(C)C(C)C2)cn1. The van der Waals surface area contributed by atoms with Crippen LogP contribution in [0.25, 0.3) is 0 Å². The summed E-state index contributed by atoms with van der Waals surface area (Å²) < 4.78 is 5.91. The molecule has 0 bridgehead atoms. The molecule has 0 aliphatic heterocycles. The van der Waals surface area contributed by atoms with E-state index in [0.717, 1.165) is 36.9 Å². The molecule has 1 aliphatic rings. The second-order valence-electron chi connectivity index (χ2n) is 5.38. The van der Waals surface area contributed by atoms with E-state index in [1.165, 1.54) is 6.42 Å². The molecule has 1 aromatic heterocycles. The van der Waals surface area contributed by atoms with Crippen molar-refractivity contribution in [1.29, 1.82) is 0 Å². The van der Waals surface area contributed by atoms with Crippen LogP contribution in [0.2, 0.25) is 0 Å². The number of hydrogen-bond acceptors (Lipinski definition) is 4. The zero-order chi connectivity index (χ0) is 13.0. The van der Waals surface area contributed by atoms with Crippen molar-refractivity contribution >= 4 is 0 Å². The minimum atomic E-state index is 0.306. The zero-order valence-corrected chi connectivity index (χ0v) is 11.5. The molecule has 4 heteroatoms. The normalized spacial score (nSPS) is 28.1. The van der Waals surface area contributed by atoms with Crippen LogP contribution in [-0.2, 0) is 6.54 Å². The van der Waals surface area contributed by atoms with Crippen LogP contribution in [0, 0.1) is 11.8 Å². The van der Waals surface area contributed by atoms with Gasteiger partial charge in [-0.05, 0) is 38.1 Å². The minimum absolute atomic E-state index is 0.306. The highest BCUT2D eigenvalue weighted by atomic mass is 16.5. The predicted molar refractivity (Wildman–Crippen MR) is 71.4 cm³/mol. The first-order valence-electron chi connectivity index (χ1n) is 6.81. The quantitative estimate of drug-likeness (QED) is 0.890. The highest BCUT2D eigenvalue weighted by Crippen LogP contribution is 2.31. The Balaban J connectivity index is 1.89. The maximum atomic E-state index is 5.91. The summed E-state index contributed by atoms with van der Waals surface area (Å²) in [6, 6.07) is 0. The van der Waals surface area contributed by atoms with Gasteiger partial charge >= 0.3 is 0 Å². The third kappa shape index (κ3) is 3.42. The molecule has 1 fully saturated rings. The molecule has 4 nitrogen and oxygen atoms in total. The van der Waals surface area contributed by atoms with E-state index in [1.54, 1.807) is 12.4 Å². The lowest BCUT2D eigenvalue weighted by Gasteiger charge is -2.31. The van der Waals surface area contributed by atoms with Crippen LogP contribution in [0.4, 0.5) is 0 Å². The third-order valence-electron chi connectivity index (χ3n) is 3.88. The molecule has 1 saturated carbocycles. The van der Waals surface area contributed by atoms with Gasteiger partial charge in [0.05, 0.1) is 18.1 Å². The molecule has 100 valence electrons. The molecule has 3 atom stereocenters.